The lowest BCUT2D eigenvalue weighted by Crippen LogP contribution is -2.08. The molecular formula is C18H23NO. The number of hydrogen-bond donors (Lipinski definition) is 1. The van der Waals surface area contributed by atoms with Crippen molar-refractivity contribution in [2.75, 3.05) is 7.11 Å². The minimum absolute atomic E-state index is 0.0895. The smallest absolute Gasteiger partial charge is 0.127 e. The number of aryl methyl sites for hydroxylation is 2. The fourth-order valence-corrected chi connectivity index (χ4v) is 2.62. The van der Waals surface area contributed by atoms with Crippen molar-refractivity contribution in [3.8, 4) is 16.9 Å². The summed E-state index contributed by atoms with van der Waals surface area (Å²) in [4.78, 5) is 0. The molecule has 0 spiro atoms. The van der Waals surface area contributed by atoms with Gasteiger partial charge in [0.2, 0.25) is 0 Å². The minimum atomic E-state index is 0.0895. The van der Waals surface area contributed by atoms with Gasteiger partial charge in [-0.3, -0.25) is 0 Å². The maximum absolute atomic E-state index is 6.14. The summed E-state index contributed by atoms with van der Waals surface area (Å²) in [7, 11) is 1.72. The zero-order valence-corrected chi connectivity index (χ0v) is 12.7. The first-order chi connectivity index (χ1) is 9.56. The largest absolute Gasteiger partial charge is 0.496 e. The Morgan fingerprint density at radius 2 is 1.90 bits per heavy atom. The van der Waals surface area contributed by atoms with Crippen LogP contribution < -0.4 is 10.5 Å². The van der Waals surface area contributed by atoms with Gasteiger partial charge in [0.25, 0.3) is 0 Å². The van der Waals surface area contributed by atoms with Crippen LogP contribution in [0.15, 0.2) is 36.4 Å². The molecule has 2 nitrogen and oxygen atoms in total. The van der Waals surface area contributed by atoms with E-state index in [4.69, 9.17) is 10.5 Å². The molecule has 0 radical (unpaired) electrons. The van der Waals surface area contributed by atoms with E-state index in [-0.39, 0.29) is 6.04 Å². The summed E-state index contributed by atoms with van der Waals surface area (Å²) in [5.74, 6) is 0.921. The van der Waals surface area contributed by atoms with Crippen molar-refractivity contribution in [3.05, 3.63) is 53.1 Å². The fourth-order valence-electron chi connectivity index (χ4n) is 2.62. The van der Waals surface area contributed by atoms with Crippen molar-refractivity contribution in [1.29, 1.82) is 0 Å². The van der Waals surface area contributed by atoms with Gasteiger partial charge in [0.15, 0.2) is 0 Å². The van der Waals surface area contributed by atoms with Crippen LogP contribution in [0.1, 0.15) is 36.1 Å². The van der Waals surface area contributed by atoms with Gasteiger partial charge in [-0.15, -0.1) is 0 Å². The molecule has 0 aliphatic rings. The van der Waals surface area contributed by atoms with Crippen LogP contribution in [0.2, 0.25) is 0 Å². The van der Waals surface area contributed by atoms with Crippen LogP contribution in [0.25, 0.3) is 11.1 Å². The van der Waals surface area contributed by atoms with E-state index in [0.29, 0.717) is 0 Å². The number of rotatable bonds is 4. The van der Waals surface area contributed by atoms with Crippen LogP contribution in [0, 0.1) is 13.8 Å². The van der Waals surface area contributed by atoms with E-state index in [9.17, 15) is 0 Å². The second-order valence-electron chi connectivity index (χ2n) is 5.30. The minimum Gasteiger partial charge on any atom is -0.496 e. The molecule has 0 saturated carbocycles. The van der Waals surface area contributed by atoms with E-state index >= 15 is 0 Å². The van der Waals surface area contributed by atoms with Crippen LogP contribution in [0.3, 0.4) is 0 Å². The lowest BCUT2D eigenvalue weighted by Gasteiger charge is -2.16. The summed E-state index contributed by atoms with van der Waals surface area (Å²) in [6.45, 7) is 6.31. The Labute approximate surface area is 121 Å². The van der Waals surface area contributed by atoms with Crippen LogP contribution in [-0.4, -0.2) is 7.11 Å². The maximum Gasteiger partial charge on any atom is 0.127 e. The Bertz CT molecular complexity index is 604. The number of ether oxygens (including phenoxy) is 1. The van der Waals surface area contributed by atoms with E-state index < -0.39 is 0 Å². The molecule has 2 N–H and O–H groups in total. The van der Waals surface area contributed by atoms with E-state index in [0.717, 1.165) is 17.7 Å². The van der Waals surface area contributed by atoms with Crippen molar-refractivity contribution < 1.29 is 4.74 Å². The Morgan fingerprint density at radius 3 is 2.55 bits per heavy atom. The van der Waals surface area contributed by atoms with Gasteiger partial charge in [-0.05, 0) is 54.7 Å². The second kappa shape index (κ2) is 6.10. The predicted molar refractivity (Wildman–Crippen MR) is 85.1 cm³/mol. The first-order valence-electron chi connectivity index (χ1n) is 7.08. The Balaban J connectivity index is 2.57. The summed E-state index contributed by atoms with van der Waals surface area (Å²) < 4.78 is 5.56. The average molecular weight is 269 g/mol. The third-order valence-corrected chi connectivity index (χ3v) is 3.71. The molecule has 106 valence electrons. The molecule has 2 rings (SSSR count). The molecule has 0 heterocycles. The summed E-state index contributed by atoms with van der Waals surface area (Å²) in [6, 6.07) is 12.8. The Hall–Kier alpha value is -1.80. The van der Waals surface area contributed by atoms with E-state index in [1.807, 2.05) is 0 Å². The number of nitrogens with two attached hydrogens (primary N) is 1. The molecule has 2 aromatic rings. The van der Waals surface area contributed by atoms with Crippen LogP contribution in [0.4, 0.5) is 0 Å². The van der Waals surface area contributed by atoms with Crippen LogP contribution >= 0.6 is 0 Å². The van der Waals surface area contributed by atoms with E-state index in [1.54, 1.807) is 7.11 Å². The van der Waals surface area contributed by atoms with Gasteiger partial charge in [-0.1, -0.05) is 31.2 Å². The number of methoxy groups -OCH3 is 1. The Morgan fingerprint density at radius 1 is 1.15 bits per heavy atom. The quantitative estimate of drug-likeness (QED) is 0.893. The molecule has 2 heteroatoms. The molecule has 0 aliphatic carbocycles. The van der Waals surface area contributed by atoms with Crippen molar-refractivity contribution in [2.24, 2.45) is 5.73 Å². The highest BCUT2D eigenvalue weighted by Crippen LogP contribution is 2.35. The van der Waals surface area contributed by atoms with Crippen LogP contribution in [-0.2, 0) is 0 Å². The van der Waals surface area contributed by atoms with Crippen molar-refractivity contribution in [2.45, 2.75) is 33.2 Å². The fraction of sp³-hybridized carbons (Fsp3) is 0.333. The van der Waals surface area contributed by atoms with E-state index in [1.165, 1.54) is 22.3 Å². The molecule has 0 bridgehead atoms. The maximum atomic E-state index is 6.14. The van der Waals surface area contributed by atoms with Gasteiger partial charge < -0.3 is 10.5 Å². The van der Waals surface area contributed by atoms with Gasteiger partial charge in [0.1, 0.15) is 5.75 Å². The highest BCUT2D eigenvalue weighted by atomic mass is 16.5. The first kappa shape index (κ1) is 14.6. The second-order valence-corrected chi connectivity index (χ2v) is 5.30. The molecule has 0 saturated heterocycles. The summed E-state index contributed by atoms with van der Waals surface area (Å²) >= 11 is 0. The predicted octanol–water partition coefficient (Wildman–Crippen LogP) is 4.39. The van der Waals surface area contributed by atoms with E-state index in [2.05, 4.69) is 57.2 Å². The third kappa shape index (κ3) is 2.86. The van der Waals surface area contributed by atoms with Crippen molar-refractivity contribution >= 4 is 0 Å². The molecule has 20 heavy (non-hydrogen) atoms. The molecule has 0 amide bonds. The molecule has 0 aliphatic heterocycles. The van der Waals surface area contributed by atoms with Gasteiger partial charge in [-0.25, -0.2) is 0 Å². The SMILES string of the molecule is CCC(N)c1cccc(-c2c(C)cc(C)cc2OC)c1. The molecule has 1 atom stereocenters. The van der Waals surface area contributed by atoms with Crippen molar-refractivity contribution in [3.63, 3.8) is 0 Å². The topological polar surface area (TPSA) is 35.2 Å². The standard InChI is InChI=1S/C18H23NO/c1-5-16(19)14-7-6-8-15(11-14)18-13(3)9-12(2)10-17(18)20-4/h6-11,16H,5,19H2,1-4H3. The first-order valence-corrected chi connectivity index (χ1v) is 7.08. The third-order valence-electron chi connectivity index (χ3n) is 3.71. The summed E-state index contributed by atoms with van der Waals surface area (Å²) in [5, 5.41) is 0. The summed E-state index contributed by atoms with van der Waals surface area (Å²) in [5.41, 5.74) is 12.1. The molecule has 0 fully saturated rings. The number of hydrogen-bond acceptors (Lipinski definition) is 2. The molecular weight excluding hydrogens is 246 g/mol. The zero-order chi connectivity index (χ0) is 14.7. The average Bonchev–Trinajstić information content (AvgIpc) is 2.45. The van der Waals surface area contributed by atoms with Gasteiger partial charge in [0.05, 0.1) is 7.11 Å². The zero-order valence-electron chi connectivity index (χ0n) is 12.7. The monoisotopic (exact) mass is 269 g/mol. The molecule has 2 aromatic carbocycles. The summed E-state index contributed by atoms with van der Waals surface area (Å²) in [6.07, 6.45) is 0.938. The van der Waals surface area contributed by atoms with Gasteiger partial charge >= 0.3 is 0 Å². The lowest BCUT2D eigenvalue weighted by molar-refractivity contribution is 0.416. The highest BCUT2D eigenvalue weighted by molar-refractivity contribution is 5.75. The molecule has 1 unspecified atom stereocenters. The van der Waals surface area contributed by atoms with Gasteiger partial charge in [-0.2, -0.15) is 0 Å². The van der Waals surface area contributed by atoms with Crippen LogP contribution in [0.5, 0.6) is 5.75 Å². The Kier molecular flexibility index (Phi) is 4.46. The lowest BCUT2D eigenvalue weighted by atomic mass is 9.94. The van der Waals surface area contributed by atoms with Crippen molar-refractivity contribution in [1.82, 2.24) is 0 Å². The van der Waals surface area contributed by atoms with Gasteiger partial charge in [0, 0.05) is 11.6 Å². The number of benzene rings is 2. The highest BCUT2D eigenvalue weighted by Gasteiger charge is 2.12. The molecule has 0 aromatic heterocycles. The normalized spacial score (nSPS) is 12.2.